The number of hydrogen-bond donors (Lipinski definition) is 0. The number of ether oxygens (including phenoxy) is 2. The molecule has 0 radical (unpaired) electrons. The van der Waals surface area contributed by atoms with E-state index in [-0.39, 0.29) is 0 Å². The highest BCUT2D eigenvalue weighted by molar-refractivity contribution is 6.60. The van der Waals surface area contributed by atoms with Gasteiger partial charge in [0.25, 0.3) is 0 Å². The van der Waals surface area contributed by atoms with Crippen LogP contribution in [-0.4, -0.2) is 48.6 Å². The van der Waals surface area contributed by atoms with Gasteiger partial charge in [0.1, 0.15) is 0 Å². The monoisotopic (exact) mass is 278 g/mol. The van der Waals surface area contributed by atoms with E-state index in [9.17, 15) is 0 Å². The SMILES string of the molecule is CCC[Si](OC)(OC)OCC1(CC)OCCCO1. The summed E-state index contributed by atoms with van der Waals surface area (Å²) in [7, 11) is 0.740. The molecule has 0 aliphatic carbocycles. The summed E-state index contributed by atoms with van der Waals surface area (Å²) in [5.41, 5.74) is 0. The quantitative estimate of drug-likeness (QED) is 0.637. The first-order chi connectivity index (χ1) is 8.66. The molecular formula is C12H26O5Si. The van der Waals surface area contributed by atoms with Crippen LogP contribution in [0.15, 0.2) is 0 Å². The van der Waals surface area contributed by atoms with Gasteiger partial charge in [0.05, 0.1) is 19.8 Å². The van der Waals surface area contributed by atoms with Crippen LogP contribution < -0.4 is 0 Å². The summed E-state index contributed by atoms with van der Waals surface area (Å²) in [6.45, 7) is 5.94. The molecule has 0 unspecified atom stereocenters. The van der Waals surface area contributed by atoms with Crippen LogP contribution in [0.3, 0.4) is 0 Å². The van der Waals surface area contributed by atoms with E-state index in [1.807, 2.05) is 6.92 Å². The standard InChI is InChI=1S/C12H26O5Si/c1-5-10-18(13-3,14-4)17-11-12(6-2)15-8-7-9-16-12/h5-11H2,1-4H3. The summed E-state index contributed by atoms with van der Waals surface area (Å²) >= 11 is 0. The molecule has 1 fully saturated rings. The molecule has 0 saturated carbocycles. The Morgan fingerprint density at radius 3 is 2.17 bits per heavy atom. The van der Waals surface area contributed by atoms with Crippen LogP contribution in [0.5, 0.6) is 0 Å². The van der Waals surface area contributed by atoms with E-state index in [4.69, 9.17) is 22.8 Å². The molecule has 0 amide bonds. The van der Waals surface area contributed by atoms with Gasteiger partial charge < -0.3 is 22.8 Å². The Morgan fingerprint density at radius 2 is 1.72 bits per heavy atom. The summed E-state index contributed by atoms with van der Waals surface area (Å²) in [6, 6.07) is 0.805. The molecule has 1 aliphatic heterocycles. The summed E-state index contributed by atoms with van der Waals surface area (Å²) in [4.78, 5) is 0. The zero-order valence-electron chi connectivity index (χ0n) is 12.0. The van der Waals surface area contributed by atoms with Crippen molar-refractivity contribution in [2.24, 2.45) is 0 Å². The average molecular weight is 278 g/mol. The lowest BCUT2D eigenvalue weighted by Gasteiger charge is -2.38. The normalized spacial score (nSPS) is 20.0. The van der Waals surface area contributed by atoms with E-state index in [1.165, 1.54) is 0 Å². The molecule has 0 aromatic rings. The fourth-order valence-corrected chi connectivity index (χ4v) is 4.02. The lowest BCUT2D eigenvalue weighted by Crippen LogP contribution is -2.51. The predicted molar refractivity (Wildman–Crippen MR) is 70.4 cm³/mol. The Bertz CT molecular complexity index is 212. The maximum atomic E-state index is 5.95. The maximum absolute atomic E-state index is 5.95. The van der Waals surface area contributed by atoms with Crippen molar-refractivity contribution >= 4 is 8.80 Å². The minimum Gasteiger partial charge on any atom is -0.377 e. The van der Waals surface area contributed by atoms with Gasteiger partial charge in [-0.25, -0.2) is 0 Å². The third-order valence-electron chi connectivity index (χ3n) is 3.25. The van der Waals surface area contributed by atoms with E-state index >= 15 is 0 Å². The molecule has 6 heteroatoms. The maximum Gasteiger partial charge on any atom is 0.500 e. The largest absolute Gasteiger partial charge is 0.500 e. The fraction of sp³-hybridized carbons (Fsp3) is 1.00. The Hall–Kier alpha value is 0.0169. The van der Waals surface area contributed by atoms with Gasteiger partial charge in [-0.15, -0.1) is 0 Å². The van der Waals surface area contributed by atoms with Crippen molar-refractivity contribution in [3.05, 3.63) is 0 Å². The minimum atomic E-state index is -2.55. The van der Waals surface area contributed by atoms with Gasteiger partial charge in [0, 0.05) is 26.7 Å². The zero-order chi connectivity index (χ0) is 13.5. The second-order valence-corrected chi connectivity index (χ2v) is 7.42. The van der Waals surface area contributed by atoms with Crippen molar-refractivity contribution in [3.8, 4) is 0 Å². The highest BCUT2D eigenvalue weighted by Crippen LogP contribution is 2.26. The molecule has 1 heterocycles. The highest BCUT2D eigenvalue weighted by Gasteiger charge is 2.42. The molecule has 0 atom stereocenters. The van der Waals surface area contributed by atoms with Crippen LogP contribution in [0, 0.1) is 0 Å². The molecule has 0 aromatic carbocycles. The second-order valence-electron chi connectivity index (χ2n) is 4.44. The van der Waals surface area contributed by atoms with Gasteiger partial charge in [-0.3, -0.25) is 0 Å². The van der Waals surface area contributed by atoms with Crippen LogP contribution in [0.25, 0.3) is 0 Å². The zero-order valence-corrected chi connectivity index (χ0v) is 13.0. The molecule has 1 saturated heterocycles. The number of rotatable bonds is 8. The lowest BCUT2D eigenvalue weighted by atomic mass is 10.2. The molecule has 1 rings (SSSR count). The molecule has 0 bridgehead atoms. The predicted octanol–water partition coefficient (Wildman–Crippen LogP) is 2.19. The third kappa shape index (κ3) is 4.01. The van der Waals surface area contributed by atoms with Crippen molar-refractivity contribution in [1.29, 1.82) is 0 Å². The van der Waals surface area contributed by atoms with Crippen LogP contribution in [0.1, 0.15) is 33.1 Å². The molecule has 1 aliphatic rings. The van der Waals surface area contributed by atoms with Crippen LogP contribution >= 0.6 is 0 Å². The highest BCUT2D eigenvalue weighted by atomic mass is 28.4. The van der Waals surface area contributed by atoms with E-state index in [0.29, 0.717) is 6.61 Å². The van der Waals surface area contributed by atoms with Gasteiger partial charge in [-0.1, -0.05) is 20.3 Å². The van der Waals surface area contributed by atoms with Gasteiger partial charge in [0.15, 0.2) is 5.79 Å². The summed E-state index contributed by atoms with van der Waals surface area (Å²) in [6.07, 6.45) is 2.67. The van der Waals surface area contributed by atoms with Gasteiger partial charge in [-0.05, 0) is 6.42 Å². The van der Waals surface area contributed by atoms with E-state index in [0.717, 1.165) is 38.5 Å². The van der Waals surface area contributed by atoms with E-state index in [2.05, 4.69) is 6.92 Å². The minimum absolute atomic E-state index is 0.372. The first-order valence-electron chi connectivity index (χ1n) is 6.68. The van der Waals surface area contributed by atoms with Gasteiger partial charge in [0.2, 0.25) is 0 Å². The lowest BCUT2D eigenvalue weighted by molar-refractivity contribution is -0.283. The fourth-order valence-electron chi connectivity index (χ4n) is 2.01. The summed E-state index contributed by atoms with van der Waals surface area (Å²) in [5, 5.41) is 0. The molecular weight excluding hydrogens is 252 g/mol. The first kappa shape index (κ1) is 16.1. The van der Waals surface area contributed by atoms with Crippen molar-refractivity contribution in [3.63, 3.8) is 0 Å². The topological polar surface area (TPSA) is 46.2 Å². The van der Waals surface area contributed by atoms with E-state index in [1.54, 1.807) is 14.2 Å². The Labute approximate surface area is 111 Å². The Morgan fingerprint density at radius 1 is 1.11 bits per heavy atom. The first-order valence-corrected chi connectivity index (χ1v) is 8.61. The summed E-state index contributed by atoms with van der Waals surface area (Å²) in [5.74, 6) is -0.624. The summed E-state index contributed by atoms with van der Waals surface area (Å²) < 4.78 is 28.4. The Balaban J connectivity index is 2.58. The molecule has 108 valence electrons. The van der Waals surface area contributed by atoms with Crippen molar-refractivity contribution in [2.75, 3.05) is 34.0 Å². The van der Waals surface area contributed by atoms with E-state index < -0.39 is 14.6 Å². The second kappa shape index (κ2) is 7.57. The molecule has 0 aromatic heterocycles. The van der Waals surface area contributed by atoms with Crippen LogP contribution in [0.4, 0.5) is 0 Å². The number of hydrogen-bond acceptors (Lipinski definition) is 5. The molecule has 18 heavy (non-hydrogen) atoms. The average Bonchev–Trinajstić information content (AvgIpc) is 2.45. The molecule has 5 nitrogen and oxygen atoms in total. The smallest absolute Gasteiger partial charge is 0.377 e. The van der Waals surface area contributed by atoms with Crippen LogP contribution in [0.2, 0.25) is 6.04 Å². The van der Waals surface area contributed by atoms with Crippen molar-refractivity contribution < 1.29 is 22.8 Å². The third-order valence-corrected chi connectivity index (χ3v) is 6.19. The van der Waals surface area contributed by atoms with Gasteiger partial charge >= 0.3 is 8.80 Å². The van der Waals surface area contributed by atoms with Crippen LogP contribution in [-0.2, 0) is 22.8 Å². The van der Waals surface area contributed by atoms with Crippen molar-refractivity contribution in [2.45, 2.75) is 44.9 Å². The van der Waals surface area contributed by atoms with Crippen molar-refractivity contribution in [1.82, 2.24) is 0 Å². The molecule has 0 N–H and O–H groups in total. The Kier molecular flexibility index (Phi) is 6.76. The van der Waals surface area contributed by atoms with Gasteiger partial charge in [-0.2, -0.15) is 0 Å². The molecule has 0 spiro atoms.